The molecule has 0 aliphatic heterocycles. The van der Waals surface area contributed by atoms with Gasteiger partial charge in [-0.3, -0.25) is 0 Å². The summed E-state index contributed by atoms with van der Waals surface area (Å²) in [5, 5.41) is 0. The summed E-state index contributed by atoms with van der Waals surface area (Å²) in [4.78, 5) is 0. The Hall–Kier alpha value is -0.630. The van der Waals surface area contributed by atoms with E-state index < -0.39 is 6.17 Å². The minimum atomic E-state index is -0.809. The van der Waals surface area contributed by atoms with Crippen LogP contribution in [0.15, 0.2) is 23.8 Å². The predicted molar refractivity (Wildman–Crippen MR) is 45.0 cm³/mol. The van der Waals surface area contributed by atoms with E-state index in [-0.39, 0.29) is 5.92 Å². The van der Waals surface area contributed by atoms with Gasteiger partial charge in [0, 0.05) is 5.92 Å². The molecule has 1 unspecified atom stereocenters. The van der Waals surface area contributed by atoms with Crippen molar-refractivity contribution in [3.8, 4) is 0 Å². The number of alkyl halides is 1. The first-order valence-electron chi connectivity index (χ1n) is 3.97. The molecule has 0 aromatic carbocycles. The zero-order chi connectivity index (χ0) is 8.27. The van der Waals surface area contributed by atoms with Crippen LogP contribution in [-0.4, -0.2) is 12.7 Å². The van der Waals surface area contributed by atoms with E-state index in [2.05, 4.69) is 0 Å². The molecule has 0 saturated carbocycles. The van der Waals surface area contributed by atoms with Crippen LogP contribution < -0.4 is 5.73 Å². The summed E-state index contributed by atoms with van der Waals surface area (Å²) in [5.41, 5.74) is 6.53. The lowest BCUT2D eigenvalue weighted by molar-refractivity contribution is 0.332. The maximum Gasteiger partial charge on any atom is 0.125 e. The summed E-state index contributed by atoms with van der Waals surface area (Å²) in [6, 6.07) is 0. The molecule has 11 heavy (non-hydrogen) atoms. The third-order valence-electron chi connectivity index (χ3n) is 1.91. The second kappa shape index (κ2) is 3.67. The molecule has 0 aromatic rings. The second-order valence-corrected chi connectivity index (χ2v) is 2.94. The molecule has 1 rings (SSSR count). The number of allylic oxidation sites excluding steroid dienone is 3. The van der Waals surface area contributed by atoms with Crippen LogP contribution in [0.3, 0.4) is 0 Å². The Balaban J connectivity index is 2.57. The maximum absolute atomic E-state index is 12.8. The third kappa shape index (κ3) is 2.15. The van der Waals surface area contributed by atoms with E-state index in [9.17, 15) is 4.39 Å². The number of rotatable bonds is 2. The minimum absolute atomic E-state index is 0.0153. The van der Waals surface area contributed by atoms with Crippen LogP contribution in [0, 0.1) is 5.92 Å². The molecule has 2 atom stereocenters. The van der Waals surface area contributed by atoms with Crippen molar-refractivity contribution in [1.29, 1.82) is 0 Å². The van der Waals surface area contributed by atoms with Crippen LogP contribution >= 0.6 is 0 Å². The molecule has 0 radical (unpaired) electrons. The van der Waals surface area contributed by atoms with Crippen LogP contribution in [0.5, 0.6) is 0 Å². The average molecular weight is 155 g/mol. The minimum Gasteiger partial charge on any atom is -0.330 e. The monoisotopic (exact) mass is 155 g/mol. The van der Waals surface area contributed by atoms with Gasteiger partial charge in [0.15, 0.2) is 0 Å². The summed E-state index contributed by atoms with van der Waals surface area (Å²) in [6.45, 7) is 2.52. The first-order chi connectivity index (χ1) is 5.24. The Morgan fingerprint density at radius 3 is 2.91 bits per heavy atom. The highest BCUT2D eigenvalue weighted by molar-refractivity contribution is 5.26. The third-order valence-corrected chi connectivity index (χ3v) is 1.91. The average Bonchev–Trinajstić information content (AvgIpc) is 1.98. The van der Waals surface area contributed by atoms with E-state index in [0.29, 0.717) is 6.54 Å². The standard InChI is InChI=1S/C9H14FN/c1-7-6-8(4-5-11)2-3-9(7)10/h2-3,6-7,9H,4-5,11H2,1H3/t7?,9-/m1/s1. The van der Waals surface area contributed by atoms with E-state index in [0.717, 1.165) is 12.0 Å². The Morgan fingerprint density at radius 1 is 1.64 bits per heavy atom. The van der Waals surface area contributed by atoms with Gasteiger partial charge in [-0.2, -0.15) is 0 Å². The molecule has 0 aromatic heterocycles. The first-order valence-corrected chi connectivity index (χ1v) is 3.97. The molecular formula is C9H14FN. The predicted octanol–water partition coefficient (Wildman–Crippen LogP) is 1.81. The highest BCUT2D eigenvalue weighted by atomic mass is 19.1. The van der Waals surface area contributed by atoms with Gasteiger partial charge in [0.05, 0.1) is 0 Å². The molecule has 2 heteroatoms. The molecule has 1 aliphatic rings. The van der Waals surface area contributed by atoms with Crippen LogP contribution in [0.1, 0.15) is 13.3 Å². The van der Waals surface area contributed by atoms with Crippen LogP contribution in [0.2, 0.25) is 0 Å². The Morgan fingerprint density at radius 2 is 2.36 bits per heavy atom. The Kier molecular flexibility index (Phi) is 2.83. The lowest BCUT2D eigenvalue weighted by Gasteiger charge is -2.15. The van der Waals surface area contributed by atoms with Crippen molar-refractivity contribution in [2.24, 2.45) is 11.7 Å². The van der Waals surface area contributed by atoms with E-state index >= 15 is 0 Å². The summed E-state index contributed by atoms with van der Waals surface area (Å²) in [6.07, 6.45) is 5.44. The summed E-state index contributed by atoms with van der Waals surface area (Å²) < 4.78 is 12.8. The molecule has 1 aliphatic carbocycles. The molecule has 0 amide bonds. The van der Waals surface area contributed by atoms with E-state index in [1.807, 2.05) is 19.1 Å². The summed E-state index contributed by atoms with van der Waals surface area (Å²) in [5.74, 6) is 0.0153. The molecule has 62 valence electrons. The number of hydrogen-bond donors (Lipinski definition) is 1. The van der Waals surface area contributed by atoms with Crippen molar-refractivity contribution < 1.29 is 4.39 Å². The Bertz CT molecular complexity index is 184. The van der Waals surface area contributed by atoms with E-state index in [1.54, 1.807) is 6.08 Å². The maximum atomic E-state index is 12.8. The molecule has 2 N–H and O–H groups in total. The molecule has 0 spiro atoms. The van der Waals surface area contributed by atoms with Crippen molar-refractivity contribution in [2.75, 3.05) is 6.54 Å². The van der Waals surface area contributed by atoms with Crippen LogP contribution in [-0.2, 0) is 0 Å². The fourth-order valence-electron chi connectivity index (χ4n) is 1.21. The molecule has 0 heterocycles. The lowest BCUT2D eigenvalue weighted by Crippen LogP contribution is -2.12. The fourth-order valence-corrected chi connectivity index (χ4v) is 1.21. The lowest BCUT2D eigenvalue weighted by atomic mass is 9.95. The first kappa shape index (κ1) is 8.47. The second-order valence-electron chi connectivity index (χ2n) is 2.94. The van der Waals surface area contributed by atoms with Crippen LogP contribution in [0.4, 0.5) is 4.39 Å². The number of nitrogens with two attached hydrogens (primary N) is 1. The zero-order valence-corrected chi connectivity index (χ0v) is 6.76. The summed E-state index contributed by atoms with van der Waals surface area (Å²) >= 11 is 0. The SMILES string of the molecule is CC1C=C(CCN)C=C[C@H]1F. The van der Waals surface area contributed by atoms with Gasteiger partial charge in [-0.1, -0.05) is 24.6 Å². The van der Waals surface area contributed by atoms with Gasteiger partial charge in [0.25, 0.3) is 0 Å². The van der Waals surface area contributed by atoms with E-state index in [4.69, 9.17) is 5.73 Å². The van der Waals surface area contributed by atoms with Crippen LogP contribution in [0.25, 0.3) is 0 Å². The zero-order valence-electron chi connectivity index (χ0n) is 6.76. The van der Waals surface area contributed by atoms with Gasteiger partial charge < -0.3 is 5.73 Å². The van der Waals surface area contributed by atoms with Gasteiger partial charge in [-0.15, -0.1) is 0 Å². The van der Waals surface area contributed by atoms with Gasteiger partial charge in [0.2, 0.25) is 0 Å². The van der Waals surface area contributed by atoms with Crippen molar-refractivity contribution in [1.82, 2.24) is 0 Å². The topological polar surface area (TPSA) is 26.0 Å². The molecule has 0 bridgehead atoms. The molecule has 0 saturated heterocycles. The molecular weight excluding hydrogens is 141 g/mol. The van der Waals surface area contributed by atoms with Crippen molar-refractivity contribution in [2.45, 2.75) is 19.5 Å². The van der Waals surface area contributed by atoms with Gasteiger partial charge in [0.1, 0.15) is 6.17 Å². The van der Waals surface area contributed by atoms with Crippen molar-refractivity contribution >= 4 is 0 Å². The molecule has 1 nitrogen and oxygen atoms in total. The normalized spacial score (nSPS) is 30.3. The van der Waals surface area contributed by atoms with Crippen molar-refractivity contribution in [3.63, 3.8) is 0 Å². The fraction of sp³-hybridized carbons (Fsp3) is 0.556. The van der Waals surface area contributed by atoms with Crippen molar-refractivity contribution in [3.05, 3.63) is 23.8 Å². The highest BCUT2D eigenvalue weighted by Crippen LogP contribution is 2.20. The number of hydrogen-bond acceptors (Lipinski definition) is 1. The highest BCUT2D eigenvalue weighted by Gasteiger charge is 2.14. The molecule has 0 fully saturated rings. The van der Waals surface area contributed by atoms with Gasteiger partial charge in [-0.25, -0.2) is 4.39 Å². The van der Waals surface area contributed by atoms with E-state index in [1.165, 1.54) is 0 Å². The smallest absolute Gasteiger partial charge is 0.125 e. The number of halogens is 1. The van der Waals surface area contributed by atoms with Gasteiger partial charge in [-0.05, 0) is 19.0 Å². The largest absolute Gasteiger partial charge is 0.330 e. The quantitative estimate of drug-likeness (QED) is 0.646. The van der Waals surface area contributed by atoms with Gasteiger partial charge >= 0.3 is 0 Å². The summed E-state index contributed by atoms with van der Waals surface area (Å²) in [7, 11) is 0. The Labute approximate surface area is 66.8 Å².